The highest BCUT2D eigenvalue weighted by atomic mass is 32.1. The van der Waals surface area contributed by atoms with Crippen molar-refractivity contribution < 1.29 is 23.1 Å². The van der Waals surface area contributed by atoms with Gasteiger partial charge in [0.1, 0.15) is 4.88 Å². The molecule has 2 heterocycles. The minimum absolute atomic E-state index is 0.133. The number of carboxylic acid groups (broad SMARTS) is 1. The Morgan fingerprint density at radius 1 is 1.50 bits per heavy atom. The van der Waals surface area contributed by atoms with Gasteiger partial charge in [-0.25, -0.2) is 9.78 Å². The fourth-order valence-electron chi connectivity index (χ4n) is 2.59. The summed E-state index contributed by atoms with van der Waals surface area (Å²) in [5.74, 6) is -1.13. The fraction of sp³-hybridized carbons (Fsp3) is 0.533. The molecule has 0 aliphatic heterocycles. The predicted octanol–water partition coefficient (Wildman–Crippen LogP) is 4.05. The molecule has 1 fully saturated rings. The van der Waals surface area contributed by atoms with Crippen molar-refractivity contribution >= 4 is 17.3 Å². The summed E-state index contributed by atoms with van der Waals surface area (Å²) in [4.78, 5) is 15.5. The first-order chi connectivity index (χ1) is 11.2. The lowest BCUT2D eigenvalue weighted by molar-refractivity contribution is -0.141. The summed E-state index contributed by atoms with van der Waals surface area (Å²) < 4.78 is 40.2. The van der Waals surface area contributed by atoms with Gasteiger partial charge < -0.3 is 5.11 Å². The highest BCUT2D eigenvalue weighted by Gasteiger charge is 2.38. The molecule has 0 spiro atoms. The number of aromatic carboxylic acids is 1. The van der Waals surface area contributed by atoms with E-state index in [4.69, 9.17) is 5.11 Å². The summed E-state index contributed by atoms with van der Waals surface area (Å²) in [6.07, 6.45) is -2.72. The third-order valence-corrected chi connectivity index (χ3v) is 5.35. The number of halogens is 3. The van der Waals surface area contributed by atoms with Crippen LogP contribution in [0.4, 0.5) is 13.2 Å². The number of carbonyl (C=O) groups is 1. The third kappa shape index (κ3) is 3.31. The van der Waals surface area contributed by atoms with Gasteiger partial charge in [-0.05, 0) is 25.8 Å². The van der Waals surface area contributed by atoms with Gasteiger partial charge in [0, 0.05) is 17.5 Å². The Morgan fingerprint density at radius 3 is 2.67 bits per heavy atom. The van der Waals surface area contributed by atoms with Gasteiger partial charge >= 0.3 is 12.1 Å². The number of alkyl halides is 3. The molecule has 3 rings (SSSR count). The van der Waals surface area contributed by atoms with Crippen LogP contribution in [0.15, 0.2) is 6.07 Å². The number of nitrogens with zero attached hydrogens (tertiary/aromatic N) is 3. The molecule has 1 atom stereocenters. The van der Waals surface area contributed by atoms with Crippen LogP contribution in [-0.4, -0.2) is 25.8 Å². The zero-order chi connectivity index (χ0) is 17.6. The number of thiazole rings is 1. The molecule has 0 saturated heterocycles. The van der Waals surface area contributed by atoms with Crippen molar-refractivity contribution in [3.05, 3.63) is 33.0 Å². The van der Waals surface area contributed by atoms with Crippen LogP contribution in [0.2, 0.25) is 0 Å². The maximum atomic E-state index is 12.9. The number of rotatable bonds is 5. The summed E-state index contributed by atoms with van der Waals surface area (Å²) in [5, 5.41) is 13.4. The van der Waals surface area contributed by atoms with Crippen molar-refractivity contribution in [1.82, 2.24) is 14.8 Å². The molecule has 2 aromatic rings. The van der Waals surface area contributed by atoms with Gasteiger partial charge in [0.15, 0.2) is 5.69 Å². The average molecular weight is 359 g/mol. The van der Waals surface area contributed by atoms with E-state index in [0.29, 0.717) is 16.4 Å². The number of hydrogen-bond donors (Lipinski definition) is 1. The second-order valence-electron chi connectivity index (χ2n) is 6.08. The molecule has 0 radical (unpaired) electrons. The third-order valence-electron chi connectivity index (χ3n) is 3.97. The number of hydrogen-bond acceptors (Lipinski definition) is 4. The Balaban J connectivity index is 1.86. The quantitative estimate of drug-likeness (QED) is 0.875. The van der Waals surface area contributed by atoms with E-state index in [-0.39, 0.29) is 23.3 Å². The van der Waals surface area contributed by atoms with Crippen LogP contribution in [-0.2, 0) is 12.7 Å². The molecule has 2 aromatic heterocycles. The number of aromatic nitrogens is 3. The predicted molar refractivity (Wildman–Crippen MR) is 81.4 cm³/mol. The normalized spacial score (nSPS) is 16.4. The smallest absolute Gasteiger partial charge is 0.435 e. The van der Waals surface area contributed by atoms with E-state index in [1.165, 1.54) is 4.68 Å². The summed E-state index contributed by atoms with van der Waals surface area (Å²) in [5.41, 5.74) is 0.146. The van der Waals surface area contributed by atoms with Crippen molar-refractivity contribution in [2.75, 3.05) is 0 Å². The van der Waals surface area contributed by atoms with Crippen LogP contribution in [0.1, 0.15) is 63.4 Å². The molecular formula is C15H16F3N3O2S. The second kappa shape index (κ2) is 5.87. The Morgan fingerprint density at radius 2 is 2.17 bits per heavy atom. The highest BCUT2D eigenvalue weighted by molar-refractivity contribution is 7.13. The van der Waals surface area contributed by atoms with E-state index in [1.807, 2.05) is 6.92 Å². The summed E-state index contributed by atoms with van der Waals surface area (Å²) in [6, 6.07) is 1.13. The van der Waals surface area contributed by atoms with E-state index in [9.17, 15) is 18.0 Å². The van der Waals surface area contributed by atoms with Gasteiger partial charge in [0.25, 0.3) is 0 Å². The molecule has 0 unspecified atom stereocenters. The summed E-state index contributed by atoms with van der Waals surface area (Å²) >= 11 is 1.06. The molecule has 130 valence electrons. The van der Waals surface area contributed by atoms with Gasteiger partial charge in [-0.15, -0.1) is 11.3 Å². The minimum atomic E-state index is -4.47. The summed E-state index contributed by atoms with van der Waals surface area (Å²) in [6.45, 7) is 3.67. The van der Waals surface area contributed by atoms with Gasteiger partial charge in [-0.1, -0.05) is 6.92 Å². The molecule has 1 aliphatic carbocycles. The lowest BCUT2D eigenvalue weighted by atomic mass is 10.2. The van der Waals surface area contributed by atoms with E-state index in [0.717, 1.165) is 30.2 Å². The van der Waals surface area contributed by atoms with Crippen LogP contribution in [0.5, 0.6) is 0 Å². The first-order valence-electron chi connectivity index (χ1n) is 7.52. The molecule has 1 saturated carbocycles. The van der Waals surface area contributed by atoms with Gasteiger partial charge in [-0.2, -0.15) is 18.3 Å². The van der Waals surface area contributed by atoms with Crippen molar-refractivity contribution in [2.45, 2.75) is 51.2 Å². The van der Waals surface area contributed by atoms with Gasteiger partial charge in [-0.3, -0.25) is 4.68 Å². The Bertz CT molecular complexity index is 778. The second-order valence-corrected chi connectivity index (χ2v) is 7.11. The highest BCUT2D eigenvalue weighted by Crippen LogP contribution is 2.42. The van der Waals surface area contributed by atoms with E-state index in [1.54, 1.807) is 6.92 Å². The molecule has 1 N–H and O–H groups in total. The molecule has 9 heteroatoms. The van der Waals surface area contributed by atoms with Crippen LogP contribution in [0.25, 0.3) is 0 Å². The lowest BCUT2D eigenvalue weighted by Crippen LogP contribution is -2.12. The lowest BCUT2D eigenvalue weighted by Gasteiger charge is -2.11. The molecule has 24 heavy (non-hydrogen) atoms. The van der Waals surface area contributed by atoms with Crippen molar-refractivity contribution in [1.29, 1.82) is 0 Å². The largest absolute Gasteiger partial charge is 0.477 e. The first-order valence-corrected chi connectivity index (χ1v) is 8.34. The zero-order valence-electron chi connectivity index (χ0n) is 13.1. The molecule has 0 bridgehead atoms. The summed E-state index contributed by atoms with van der Waals surface area (Å²) in [7, 11) is 0. The maximum absolute atomic E-state index is 12.9. The first kappa shape index (κ1) is 16.9. The monoisotopic (exact) mass is 359 g/mol. The molecule has 0 aromatic carbocycles. The van der Waals surface area contributed by atoms with Crippen molar-refractivity contribution in [3.8, 4) is 0 Å². The van der Waals surface area contributed by atoms with Gasteiger partial charge in [0.05, 0.1) is 17.2 Å². The van der Waals surface area contributed by atoms with E-state index >= 15 is 0 Å². The topological polar surface area (TPSA) is 68.0 Å². The van der Waals surface area contributed by atoms with E-state index in [2.05, 4.69) is 10.1 Å². The Hall–Kier alpha value is -1.90. The van der Waals surface area contributed by atoms with Gasteiger partial charge in [0.2, 0.25) is 0 Å². The van der Waals surface area contributed by atoms with Crippen LogP contribution in [0, 0.1) is 6.92 Å². The van der Waals surface area contributed by atoms with Crippen LogP contribution < -0.4 is 0 Å². The standard InChI is InChI=1S/C15H16F3N3O2S/c1-7(13-19-8(2)12(24-13)14(22)23)6-21-10(9-3-4-9)5-11(20-21)15(16,17)18/h5,7,9H,3-4,6H2,1-2H3,(H,22,23)/t7-/m0/s1. The van der Waals surface area contributed by atoms with Crippen molar-refractivity contribution in [2.24, 2.45) is 0 Å². The van der Waals surface area contributed by atoms with Crippen LogP contribution >= 0.6 is 11.3 Å². The molecule has 1 aliphatic rings. The molecule has 0 amide bonds. The zero-order valence-corrected chi connectivity index (χ0v) is 13.9. The average Bonchev–Trinajstić information content (AvgIpc) is 3.09. The van der Waals surface area contributed by atoms with E-state index < -0.39 is 17.8 Å². The Kier molecular flexibility index (Phi) is 4.15. The Labute approximate surface area is 140 Å². The number of aryl methyl sites for hydroxylation is 1. The van der Waals surface area contributed by atoms with Crippen molar-refractivity contribution in [3.63, 3.8) is 0 Å². The molecular weight excluding hydrogens is 343 g/mol. The SMILES string of the molecule is Cc1nc([C@@H](C)Cn2nc(C(F)(F)F)cc2C2CC2)sc1C(=O)O. The maximum Gasteiger partial charge on any atom is 0.435 e. The molecule has 5 nitrogen and oxygen atoms in total. The fourth-order valence-corrected chi connectivity index (χ4v) is 3.54. The van der Waals surface area contributed by atoms with Crippen LogP contribution in [0.3, 0.4) is 0 Å². The number of carboxylic acids is 1. The minimum Gasteiger partial charge on any atom is -0.477 e.